The van der Waals surface area contributed by atoms with Crippen LogP contribution in [-0.2, 0) is 9.59 Å². The van der Waals surface area contributed by atoms with Gasteiger partial charge < -0.3 is 10.6 Å². The van der Waals surface area contributed by atoms with Crippen molar-refractivity contribution in [1.29, 1.82) is 0 Å². The molecule has 0 saturated carbocycles. The second-order valence-electron chi connectivity index (χ2n) is 4.46. The number of carbonyl (C=O) groups excluding carboxylic acids is 2. The van der Waals surface area contributed by atoms with Crippen LogP contribution in [-0.4, -0.2) is 23.9 Å². The Hall–Kier alpha value is -1.06. The van der Waals surface area contributed by atoms with Gasteiger partial charge in [-0.05, 0) is 11.8 Å². The first-order chi connectivity index (χ1) is 6.43. The standard InChI is InChI=1S/C10H18N2O2/c1-5(2)7-9(13)12-8(6(3)4)10(14)11-7/h5-8H,1-4H3,(H,11,14)(H,12,13)/t7-,8?/m0/s1. The van der Waals surface area contributed by atoms with Crippen LogP contribution in [0.5, 0.6) is 0 Å². The summed E-state index contributed by atoms with van der Waals surface area (Å²) in [6, 6.07) is -0.755. The van der Waals surface area contributed by atoms with E-state index >= 15 is 0 Å². The summed E-state index contributed by atoms with van der Waals surface area (Å²) in [7, 11) is 0. The van der Waals surface area contributed by atoms with Gasteiger partial charge in [0.05, 0.1) is 0 Å². The zero-order chi connectivity index (χ0) is 10.9. The second kappa shape index (κ2) is 3.98. The van der Waals surface area contributed by atoms with Crippen molar-refractivity contribution in [3.05, 3.63) is 0 Å². The minimum atomic E-state index is -0.377. The van der Waals surface area contributed by atoms with Crippen molar-refractivity contribution < 1.29 is 9.59 Å². The van der Waals surface area contributed by atoms with Gasteiger partial charge in [0.2, 0.25) is 11.8 Å². The summed E-state index contributed by atoms with van der Waals surface area (Å²) < 4.78 is 0. The zero-order valence-corrected chi connectivity index (χ0v) is 9.13. The van der Waals surface area contributed by atoms with Crippen LogP contribution in [0.2, 0.25) is 0 Å². The molecule has 4 heteroatoms. The molecule has 4 nitrogen and oxygen atoms in total. The number of rotatable bonds is 2. The smallest absolute Gasteiger partial charge is 0.243 e. The third kappa shape index (κ3) is 2.05. The highest BCUT2D eigenvalue weighted by Gasteiger charge is 2.36. The summed E-state index contributed by atoms with van der Waals surface area (Å²) in [6.45, 7) is 7.67. The van der Waals surface area contributed by atoms with Crippen molar-refractivity contribution in [2.24, 2.45) is 11.8 Å². The number of piperazine rings is 1. The average Bonchev–Trinajstić information content (AvgIpc) is 2.07. The SMILES string of the molecule is CC(C)C1NC(=O)[C@H](C(C)C)NC1=O. The molecule has 0 spiro atoms. The summed E-state index contributed by atoms with van der Waals surface area (Å²) >= 11 is 0. The Labute approximate surface area is 84.4 Å². The lowest BCUT2D eigenvalue weighted by Crippen LogP contribution is -2.64. The summed E-state index contributed by atoms with van der Waals surface area (Å²) in [6.07, 6.45) is 0. The Morgan fingerprint density at radius 2 is 1.14 bits per heavy atom. The zero-order valence-electron chi connectivity index (χ0n) is 9.13. The van der Waals surface area contributed by atoms with Crippen LogP contribution in [0.3, 0.4) is 0 Å². The Kier molecular flexibility index (Phi) is 3.13. The van der Waals surface area contributed by atoms with Gasteiger partial charge in [-0.15, -0.1) is 0 Å². The van der Waals surface area contributed by atoms with Crippen LogP contribution in [0.4, 0.5) is 0 Å². The highest BCUT2D eigenvalue weighted by molar-refractivity contribution is 5.97. The van der Waals surface area contributed by atoms with Gasteiger partial charge in [0, 0.05) is 0 Å². The number of carbonyl (C=O) groups is 2. The molecule has 1 aliphatic heterocycles. The average molecular weight is 198 g/mol. The topological polar surface area (TPSA) is 58.2 Å². The lowest BCUT2D eigenvalue weighted by molar-refractivity contribution is -0.138. The normalized spacial score (nSPS) is 27.9. The lowest BCUT2D eigenvalue weighted by atomic mass is 9.95. The lowest BCUT2D eigenvalue weighted by Gasteiger charge is -2.33. The Bertz CT molecular complexity index is 223. The molecule has 1 saturated heterocycles. The molecule has 2 atom stereocenters. The second-order valence-corrected chi connectivity index (χ2v) is 4.46. The molecule has 0 aromatic heterocycles. The van der Waals surface area contributed by atoms with Gasteiger partial charge in [0.1, 0.15) is 12.1 Å². The van der Waals surface area contributed by atoms with Gasteiger partial charge in [0.15, 0.2) is 0 Å². The van der Waals surface area contributed by atoms with Gasteiger partial charge >= 0.3 is 0 Å². The van der Waals surface area contributed by atoms with Crippen molar-refractivity contribution >= 4 is 11.8 Å². The summed E-state index contributed by atoms with van der Waals surface area (Å²) in [5, 5.41) is 5.49. The quantitative estimate of drug-likeness (QED) is 0.669. The summed E-state index contributed by atoms with van der Waals surface area (Å²) in [5.74, 6) is 0.121. The molecule has 2 N–H and O–H groups in total. The number of hydrogen-bond acceptors (Lipinski definition) is 2. The third-order valence-electron chi connectivity index (χ3n) is 2.49. The number of hydrogen-bond donors (Lipinski definition) is 2. The Balaban J connectivity index is 2.72. The summed E-state index contributed by atoms with van der Waals surface area (Å²) in [5.41, 5.74) is 0. The molecule has 1 fully saturated rings. The fourth-order valence-electron chi connectivity index (χ4n) is 1.56. The van der Waals surface area contributed by atoms with Gasteiger partial charge in [-0.1, -0.05) is 27.7 Å². The van der Waals surface area contributed by atoms with Crippen molar-refractivity contribution in [3.8, 4) is 0 Å². The molecule has 0 aliphatic carbocycles. The first-order valence-corrected chi connectivity index (χ1v) is 5.04. The van der Waals surface area contributed by atoms with E-state index in [4.69, 9.17) is 0 Å². The van der Waals surface area contributed by atoms with E-state index in [0.717, 1.165) is 0 Å². The molecule has 0 bridgehead atoms. The fraction of sp³-hybridized carbons (Fsp3) is 0.800. The van der Waals surface area contributed by atoms with E-state index in [2.05, 4.69) is 10.6 Å². The maximum absolute atomic E-state index is 11.6. The van der Waals surface area contributed by atoms with E-state index in [-0.39, 0.29) is 35.7 Å². The van der Waals surface area contributed by atoms with Crippen LogP contribution >= 0.6 is 0 Å². The molecule has 1 rings (SSSR count). The minimum absolute atomic E-state index is 0.0710. The van der Waals surface area contributed by atoms with Gasteiger partial charge in [-0.25, -0.2) is 0 Å². The van der Waals surface area contributed by atoms with Crippen LogP contribution in [0.1, 0.15) is 27.7 Å². The highest BCUT2D eigenvalue weighted by Crippen LogP contribution is 2.11. The predicted octanol–water partition coefficient (Wildman–Crippen LogP) is 0.282. The molecular formula is C10H18N2O2. The van der Waals surface area contributed by atoms with Crippen molar-refractivity contribution in [2.75, 3.05) is 0 Å². The van der Waals surface area contributed by atoms with Crippen molar-refractivity contribution in [3.63, 3.8) is 0 Å². The van der Waals surface area contributed by atoms with Crippen LogP contribution in [0, 0.1) is 11.8 Å². The maximum atomic E-state index is 11.6. The van der Waals surface area contributed by atoms with E-state index in [0.29, 0.717) is 0 Å². The molecule has 1 unspecified atom stereocenters. The molecule has 1 heterocycles. The maximum Gasteiger partial charge on any atom is 0.243 e. The first-order valence-electron chi connectivity index (χ1n) is 5.04. The van der Waals surface area contributed by atoms with E-state index in [1.807, 2.05) is 27.7 Å². The molecule has 1 aliphatic rings. The molecule has 80 valence electrons. The molecule has 0 aromatic carbocycles. The highest BCUT2D eigenvalue weighted by atomic mass is 16.2. The molecule has 0 aromatic rings. The third-order valence-corrected chi connectivity index (χ3v) is 2.49. The van der Waals surface area contributed by atoms with Crippen LogP contribution in [0.25, 0.3) is 0 Å². The fourth-order valence-corrected chi connectivity index (χ4v) is 1.56. The number of amides is 2. The van der Waals surface area contributed by atoms with E-state index in [1.165, 1.54) is 0 Å². The Morgan fingerprint density at radius 1 is 0.857 bits per heavy atom. The molecule has 14 heavy (non-hydrogen) atoms. The number of nitrogens with one attached hydrogen (secondary N) is 2. The van der Waals surface area contributed by atoms with Crippen LogP contribution < -0.4 is 10.6 Å². The summed E-state index contributed by atoms with van der Waals surface area (Å²) in [4.78, 5) is 23.1. The largest absolute Gasteiger partial charge is 0.342 e. The molecule has 0 radical (unpaired) electrons. The van der Waals surface area contributed by atoms with Crippen molar-refractivity contribution in [2.45, 2.75) is 39.8 Å². The van der Waals surface area contributed by atoms with Gasteiger partial charge in [-0.2, -0.15) is 0 Å². The molecule has 2 amide bonds. The van der Waals surface area contributed by atoms with Crippen molar-refractivity contribution in [1.82, 2.24) is 10.6 Å². The van der Waals surface area contributed by atoms with Gasteiger partial charge in [0.25, 0.3) is 0 Å². The van der Waals surface area contributed by atoms with E-state index in [9.17, 15) is 9.59 Å². The Morgan fingerprint density at radius 3 is 1.36 bits per heavy atom. The van der Waals surface area contributed by atoms with E-state index in [1.54, 1.807) is 0 Å². The molecular weight excluding hydrogens is 180 g/mol. The first kappa shape index (κ1) is 11.0. The van der Waals surface area contributed by atoms with E-state index < -0.39 is 0 Å². The minimum Gasteiger partial charge on any atom is -0.342 e. The predicted molar refractivity (Wildman–Crippen MR) is 53.5 cm³/mol. The van der Waals surface area contributed by atoms with Gasteiger partial charge in [-0.3, -0.25) is 9.59 Å². The monoisotopic (exact) mass is 198 g/mol. The van der Waals surface area contributed by atoms with Crippen LogP contribution in [0.15, 0.2) is 0 Å².